The topological polar surface area (TPSA) is 52.0 Å². The molecule has 2 rings (SSSR count). The Labute approximate surface area is 102 Å². The summed E-state index contributed by atoms with van der Waals surface area (Å²) in [7, 11) is 0. The molecule has 2 aromatic rings. The van der Waals surface area contributed by atoms with Gasteiger partial charge in [0.1, 0.15) is 11.7 Å². The van der Waals surface area contributed by atoms with Crippen LogP contribution in [0, 0.1) is 0 Å². The van der Waals surface area contributed by atoms with E-state index >= 15 is 0 Å². The van der Waals surface area contributed by atoms with Crippen LogP contribution in [0.25, 0.3) is 0 Å². The van der Waals surface area contributed by atoms with Crippen molar-refractivity contribution in [2.24, 2.45) is 0 Å². The lowest BCUT2D eigenvalue weighted by Gasteiger charge is -2.03. The van der Waals surface area contributed by atoms with Crippen LogP contribution in [0.5, 0.6) is 0 Å². The van der Waals surface area contributed by atoms with Gasteiger partial charge < -0.3 is 0 Å². The normalized spacial score (nSPS) is 10.2. The molecule has 0 bridgehead atoms. The number of nitrogens with zero attached hydrogens (tertiary/aromatic N) is 2. The van der Waals surface area contributed by atoms with Crippen molar-refractivity contribution in [1.82, 2.24) is 9.78 Å². The molecule has 0 saturated heterocycles. The highest BCUT2D eigenvalue weighted by Gasteiger charge is 2.08. The van der Waals surface area contributed by atoms with E-state index in [-0.39, 0.29) is 23.0 Å². The van der Waals surface area contributed by atoms with Crippen LogP contribution in [0.2, 0.25) is 5.15 Å². The fraction of sp³-hybridized carbons (Fsp3) is 0.0833. The van der Waals surface area contributed by atoms with Crippen LogP contribution in [-0.2, 0) is 6.54 Å². The third-order valence-corrected chi connectivity index (χ3v) is 2.42. The molecule has 0 saturated carbocycles. The Balaban J connectivity index is 2.25. The van der Waals surface area contributed by atoms with E-state index in [0.717, 1.165) is 4.68 Å². The average molecular weight is 249 g/mol. The fourth-order valence-corrected chi connectivity index (χ4v) is 1.54. The lowest BCUT2D eigenvalue weighted by molar-refractivity contribution is 0.0965. The van der Waals surface area contributed by atoms with Crippen LogP contribution < -0.4 is 5.56 Å². The zero-order valence-electron chi connectivity index (χ0n) is 8.84. The molecule has 0 aliphatic rings. The summed E-state index contributed by atoms with van der Waals surface area (Å²) in [5.41, 5.74) is 0.194. The molecule has 0 spiro atoms. The molecule has 0 unspecified atom stereocenters. The molecule has 0 amide bonds. The number of halogens is 1. The summed E-state index contributed by atoms with van der Waals surface area (Å²) in [6.07, 6.45) is 0. The first-order valence-corrected chi connectivity index (χ1v) is 5.36. The van der Waals surface area contributed by atoms with Gasteiger partial charge in [-0.25, -0.2) is 4.68 Å². The summed E-state index contributed by atoms with van der Waals surface area (Å²) in [6, 6.07) is 11.4. The van der Waals surface area contributed by atoms with Crippen molar-refractivity contribution in [2.45, 2.75) is 6.54 Å². The molecule has 0 aliphatic heterocycles. The summed E-state index contributed by atoms with van der Waals surface area (Å²) >= 11 is 5.66. The Morgan fingerprint density at radius 3 is 2.59 bits per heavy atom. The highest BCUT2D eigenvalue weighted by molar-refractivity contribution is 6.29. The molecule has 17 heavy (non-hydrogen) atoms. The fourth-order valence-electron chi connectivity index (χ4n) is 1.39. The molecule has 0 atom stereocenters. The second-order valence-electron chi connectivity index (χ2n) is 3.44. The molecule has 0 radical (unpaired) electrons. The molecule has 86 valence electrons. The Hall–Kier alpha value is -1.94. The quantitative estimate of drug-likeness (QED) is 0.778. The van der Waals surface area contributed by atoms with E-state index in [4.69, 9.17) is 11.6 Å². The monoisotopic (exact) mass is 248 g/mol. The molecule has 5 heteroatoms. The van der Waals surface area contributed by atoms with Crippen molar-refractivity contribution in [3.8, 4) is 0 Å². The van der Waals surface area contributed by atoms with Crippen LogP contribution >= 0.6 is 11.6 Å². The SMILES string of the molecule is O=C(Cn1nc(Cl)ccc1=O)c1ccccc1. The third-order valence-electron chi connectivity index (χ3n) is 2.22. The highest BCUT2D eigenvalue weighted by Crippen LogP contribution is 2.02. The maximum atomic E-state index is 11.8. The second-order valence-corrected chi connectivity index (χ2v) is 3.83. The van der Waals surface area contributed by atoms with Gasteiger partial charge in [-0.2, -0.15) is 5.10 Å². The van der Waals surface area contributed by atoms with Crippen molar-refractivity contribution >= 4 is 17.4 Å². The van der Waals surface area contributed by atoms with Gasteiger partial charge in [0.05, 0.1) is 0 Å². The van der Waals surface area contributed by atoms with Crippen molar-refractivity contribution in [3.63, 3.8) is 0 Å². The van der Waals surface area contributed by atoms with Gasteiger partial charge in [0.25, 0.3) is 5.56 Å². The van der Waals surface area contributed by atoms with Crippen LogP contribution in [-0.4, -0.2) is 15.6 Å². The molecule has 0 aliphatic carbocycles. The molecule has 1 heterocycles. The van der Waals surface area contributed by atoms with Crippen molar-refractivity contribution < 1.29 is 4.79 Å². The number of ketones is 1. The number of hydrogen-bond donors (Lipinski definition) is 0. The minimum atomic E-state index is -0.348. The summed E-state index contributed by atoms with van der Waals surface area (Å²) in [5.74, 6) is -0.178. The zero-order chi connectivity index (χ0) is 12.3. The second kappa shape index (κ2) is 4.93. The van der Waals surface area contributed by atoms with Gasteiger partial charge in [-0.15, -0.1) is 0 Å². The van der Waals surface area contributed by atoms with Gasteiger partial charge >= 0.3 is 0 Å². The average Bonchev–Trinajstić information content (AvgIpc) is 2.35. The Bertz CT molecular complexity index is 593. The van der Waals surface area contributed by atoms with Gasteiger partial charge in [-0.05, 0) is 6.07 Å². The number of benzene rings is 1. The van der Waals surface area contributed by atoms with E-state index in [2.05, 4.69) is 5.10 Å². The standard InChI is InChI=1S/C12H9ClN2O2/c13-11-6-7-12(17)15(14-11)8-10(16)9-4-2-1-3-5-9/h1-7H,8H2. The number of rotatable bonds is 3. The molecule has 0 fully saturated rings. The number of hydrogen-bond acceptors (Lipinski definition) is 3. The predicted molar refractivity (Wildman–Crippen MR) is 64.3 cm³/mol. The van der Waals surface area contributed by atoms with E-state index in [0.29, 0.717) is 5.56 Å². The lowest BCUT2D eigenvalue weighted by Crippen LogP contribution is -2.25. The minimum Gasteiger partial charge on any atom is -0.292 e. The van der Waals surface area contributed by atoms with E-state index in [1.165, 1.54) is 12.1 Å². The maximum absolute atomic E-state index is 11.8. The van der Waals surface area contributed by atoms with Gasteiger partial charge in [0, 0.05) is 11.6 Å². The van der Waals surface area contributed by atoms with Crippen molar-refractivity contribution in [2.75, 3.05) is 0 Å². The summed E-state index contributed by atoms with van der Waals surface area (Å²) < 4.78 is 1.05. The van der Waals surface area contributed by atoms with Gasteiger partial charge in [0.15, 0.2) is 5.78 Å². The molecule has 1 aromatic carbocycles. The van der Waals surface area contributed by atoms with Gasteiger partial charge in [-0.1, -0.05) is 41.9 Å². The Kier molecular flexibility index (Phi) is 3.35. The number of aromatic nitrogens is 2. The molecule has 0 N–H and O–H groups in total. The van der Waals surface area contributed by atoms with Crippen molar-refractivity contribution in [3.05, 3.63) is 63.5 Å². The zero-order valence-corrected chi connectivity index (χ0v) is 9.59. The van der Waals surface area contributed by atoms with E-state index in [1.54, 1.807) is 24.3 Å². The van der Waals surface area contributed by atoms with Crippen LogP contribution in [0.4, 0.5) is 0 Å². The van der Waals surface area contributed by atoms with Crippen LogP contribution in [0.1, 0.15) is 10.4 Å². The summed E-state index contributed by atoms with van der Waals surface area (Å²) in [5, 5.41) is 3.97. The maximum Gasteiger partial charge on any atom is 0.267 e. The highest BCUT2D eigenvalue weighted by atomic mass is 35.5. The lowest BCUT2D eigenvalue weighted by atomic mass is 10.1. The Morgan fingerprint density at radius 2 is 1.88 bits per heavy atom. The van der Waals surface area contributed by atoms with E-state index in [1.807, 2.05) is 6.07 Å². The number of carbonyl (C=O) groups is 1. The van der Waals surface area contributed by atoms with Gasteiger partial charge in [0.2, 0.25) is 0 Å². The van der Waals surface area contributed by atoms with E-state index < -0.39 is 0 Å². The minimum absolute atomic E-state index is 0.108. The molecule has 4 nitrogen and oxygen atoms in total. The van der Waals surface area contributed by atoms with Gasteiger partial charge in [-0.3, -0.25) is 9.59 Å². The molecule has 1 aromatic heterocycles. The summed E-state index contributed by atoms with van der Waals surface area (Å²) in [6.45, 7) is -0.108. The smallest absolute Gasteiger partial charge is 0.267 e. The molecular weight excluding hydrogens is 240 g/mol. The summed E-state index contributed by atoms with van der Waals surface area (Å²) in [4.78, 5) is 23.3. The van der Waals surface area contributed by atoms with Crippen molar-refractivity contribution in [1.29, 1.82) is 0 Å². The first kappa shape index (κ1) is 11.5. The first-order valence-electron chi connectivity index (χ1n) is 4.99. The van der Waals surface area contributed by atoms with E-state index in [9.17, 15) is 9.59 Å². The largest absolute Gasteiger partial charge is 0.292 e. The Morgan fingerprint density at radius 1 is 1.18 bits per heavy atom. The predicted octanol–water partition coefficient (Wildman–Crippen LogP) is 1.78. The van der Waals surface area contributed by atoms with Crippen LogP contribution in [0.15, 0.2) is 47.3 Å². The number of carbonyl (C=O) groups excluding carboxylic acids is 1. The first-order chi connectivity index (χ1) is 8.16. The number of Topliss-reactive ketones (excluding diaryl/α,β-unsaturated/α-hetero) is 1. The molecular formula is C12H9ClN2O2. The third kappa shape index (κ3) is 2.79. The van der Waals surface area contributed by atoms with Crippen LogP contribution in [0.3, 0.4) is 0 Å².